The van der Waals surface area contributed by atoms with Crippen molar-refractivity contribution in [3.05, 3.63) is 65.0 Å². The van der Waals surface area contributed by atoms with Gasteiger partial charge < -0.3 is 14.6 Å². The van der Waals surface area contributed by atoms with Gasteiger partial charge in [0.25, 0.3) is 0 Å². The standard InChI is InChI=1S/C26H25ClFN5O3S/c1-31(2)21(34)7-4-12-32-14-16(13-29-32)33-23(15-8-9-15)25(17-10-11-18(27)22(28)24(17)33)37-20-6-3-5-19(30-20)26(35)36/h3,5-6,10-11,13-15H,4,7-9,12H2,1-2H3,(H,35,36). The molecular formula is C26H25ClFN5O3S. The van der Waals surface area contributed by atoms with Crippen LogP contribution in [0.25, 0.3) is 16.6 Å². The van der Waals surface area contributed by atoms with E-state index in [0.717, 1.165) is 23.4 Å². The molecule has 1 fully saturated rings. The summed E-state index contributed by atoms with van der Waals surface area (Å²) in [6.07, 6.45) is 6.51. The average Bonchev–Trinajstić information content (AvgIpc) is 3.51. The summed E-state index contributed by atoms with van der Waals surface area (Å²) in [7, 11) is 3.46. The highest BCUT2D eigenvalue weighted by atomic mass is 35.5. The fourth-order valence-corrected chi connectivity index (χ4v) is 5.59. The summed E-state index contributed by atoms with van der Waals surface area (Å²) >= 11 is 7.54. The lowest BCUT2D eigenvalue weighted by atomic mass is 10.2. The molecule has 192 valence electrons. The van der Waals surface area contributed by atoms with Crippen molar-refractivity contribution < 1.29 is 19.1 Å². The molecule has 0 radical (unpaired) electrons. The summed E-state index contributed by atoms with van der Waals surface area (Å²) < 4.78 is 19.2. The molecule has 1 aliphatic carbocycles. The third kappa shape index (κ3) is 5.08. The monoisotopic (exact) mass is 541 g/mol. The Bertz CT molecular complexity index is 1510. The molecule has 0 bridgehead atoms. The number of nitrogens with zero attached hydrogens (tertiary/aromatic N) is 5. The predicted molar refractivity (Wildman–Crippen MR) is 139 cm³/mol. The van der Waals surface area contributed by atoms with E-state index in [1.165, 1.54) is 23.9 Å². The number of aromatic carboxylic acids is 1. The minimum Gasteiger partial charge on any atom is -0.477 e. The molecule has 0 unspecified atom stereocenters. The van der Waals surface area contributed by atoms with Crippen LogP contribution in [-0.2, 0) is 11.3 Å². The highest BCUT2D eigenvalue weighted by molar-refractivity contribution is 7.99. The number of aromatic nitrogens is 4. The summed E-state index contributed by atoms with van der Waals surface area (Å²) in [6.45, 7) is 0.550. The van der Waals surface area contributed by atoms with Gasteiger partial charge in [-0.05, 0) is 43.5 Å². The maximum Gasteiger partial charge on any atom is 0.354 e. The van der Waals surface area contributed by atoms with Gasteiger partial charge >= 0.3 is 5.97 Å². The van der Waals surface area contributed by atoms with Crippen molar-refractivity contribution in [2.24, 2.45) is 0 Å². The Morgan fingerprint density at radius 2 is 2.03 bits per heavy atom. The van der Waals surface area contributed by atoms with E-state index >= 15 is 4.39 Å². The minimum absolute atomic E-state index is 0.0192. The molecule has 1 N–H and O–H groups in total. The highest BCUT2D eigenvalue weighted by Gasteiger charge is 2.34. The number of hydrogen-bond acceptors (Lipinski definition) is 5. The van der Waals surface area contributed by atoms with Gasteiger partial charge in [0.2, 0.25) is 5.91 Å². The van der Waals surface area contributed by atoms with Crippen LogP contribution in [0.15, 0.2) is 52.6 Å². The Kier molecular flexibility index (Phi) is 6.96. The van der Waals surface area contributed by atoms with E-state index in [1.807, 2.05) is 10.8 Å². The van der Waals surface area contributed by atoms with Crippen molar-refractivity contribution in [1.82, 2.24) is 24.2 Å². The van der Waals surface area contributed by atoms with Gasteiger partial charge in [-0.1, -0.05) is 29.4 Å². The van der Waals surface area contributed by atoms with Crippen LogP contribution in [-0.4, -0.2) is 55.3 Å². The van der Waals surface area contributed by atoms with E-state index in [4.69, 9.17) is 11.6 Å². The summed E-state index contributed by atoms with van der Waals surface area (Å²) in [5.41, 5.74) is 1.94. The second kappa shape index (κ2) is 10.2. The van der Waals surface area contributed by atoms with E-state index in [1.54, 1.807) is 48.1 Å². The lowest BCUT2D eigenvalue weighted by Gasteiger charge is -2.11. The number of carboxylic acids is 1. The van der Waals surface area contributed by atoms with Gasteiger partial charge in [0.15, 0.2) is 5.82 Å². The second-order valence-electron chi connectivity index (χ2n) is 9.20. The van der Waals surface area contributed by atoms with Crippen LogP contribution < -0.4 is 0 Å². The van der Waals surface area contributed by atoms with Gasteiger partial charge in [-0.2, -0.15) is 5.10 Å². The topological polar surface area (TPSA) is 93.2 Å². The van der Waals surface area contributed by atoms with Crippen molar-refractivity contribution in [2.75, 3.05) is 14.1 Å². The quantitative estimate of drug-likeness (QED) is 0.296. The number of halogens is 2. The first-order chi connectivity index (χ1) is 17.7. The van der Waals surface area contributed by atoms with Crippen LogP contribution in [0.2, 0.25) is 5.02 Å². The van der Waals surface area contributed by atoms with E-state index < -0.39 is 11.8 Å². The summed E-state index contributed by atoms with van der Waals surface area (Å²) in [5.74, 6) is -1.36. The Morgan fingerprint density at radius 3 is 2.73 bits per heavy atom. The molecule has 4 aromatic rings. The SMILES string of the molecule is CN(C)C(=O)CCCn1cc(-n2c(C3CC3)c(Sc3cccc(C(=O)O)n3)c3ccc(Cl)c(F)c32)cn1. The molecule has 1 aliphatic rings. The van der Waals surface area contributed by atoms with Crippen molar-refractivity contribution >= 4 is 46.1 Å². The van der Waals surface area contributed by atoms with Crippen LogP contribution >= 0.6 is 23.4 Å². The summed E-state index contributed by atoms with van der Waals surface area (Å²) in [5, 5.41) is 15.1. The van der Waals surface area contributed by atoms with Crippen molar-refractivity contribution in [3.63, 3.8) is 0 Å². The number of hydrogen-bond donors (Lipinski definition) is 1. The molecular weight excluding hydrogens is 517 g/mol. The molecule has 8 nitrogen and oxygen atoms in total. The Balaban J connectivity index is 1.58. The molecule has 3 heterocycles. The van der Waals surface area contributed by atoms with E-state index in [2.05, 4.69) is 10.1 Å². The molecule has 0 spiro atoms. The zero-order chi connectivity index (χ0) is 26.3. The number of carbonyl (C=O) groups excluding carboxylic acids is 1. The van der Waals surface area contributed by atoms with Crippen molar-refractivity contribution in [2.45, 2.75) is 48.1 Å². The Labute approximate surface area is 222 Å². The van der Waals surface area contributed by atoms with Crippen LogP contribution in [0.5, 0.6) is 0 Å². The number of benzene rings is 1. The molecule has 37 heavy (non-hydrogen) atoms. The zero-order valence-electron chi connectivity index (χ0n) is 20.3. The first-order valence-electron chi connectivity index (χ1n) is 11.9. The minimum atomic E-state index is -1.11. The lowest BCUT2D eigenvalue weighted by molar-refractivity contribution is -0.128. The van der Waals surface area contributed by atoms with Gasteiger partial charge in [-0.25, -0.2) is 14.2 Å². The van der Waals surface area contributed by atoms with Crippen LogP contribution in [0.1, 0.15) is 47.8 Å². The Hall–Kier alpha value is -3.37. The lowest BCUT2D eigenvalue weighted by Crippen LogP contribution is -2.21. The average molecular weight is 542 g/mol. The van der Waals surface area contributed by atoms with Crippen LogP contribution in [0, 0.1) is 5.82 Å². The van der Waals surface area contributed by atoms with Crippen LogP contribution in [0.3, 0.4) is 0 Å². The Morgan fingerprint density at radius 1 is 1.24 bits per heavy atom. The molecule has 1 aromatic carbocycles. The van der Waals surface area contributed by atoms with E-state index in [9.17, 15) is 14.7 Å². The molecule has 3 aromatic heterocycles. The largest absolute Gasteiger partial charge is 0.477 e. The van der Waals surface area contributed by atoms with Gasteiger partial charge in [0.05, 0.1) is 22.4 Å². The second-order valence-corrected chi connectivity index (χ2v) is 10.6. The van der Waals surface area contributed by atoms with E-state index in [-0.39, 0.29) is 22.5 Å². The smallest absolute Gasteiger partial charge is 0.354 e. The first-order valence-corrected chi connectivity index (χ1v) is 13.1. The van der Waals surface area contributed by atoms with E-state index in [0.29, 0.717) is 41.0 Å². The molecule has 1 amide bonds. The van der Waals surface area contributed by atoms with Crippen molar-refractivity contribution in [3.8, 4) is 5.69 Å². The number of aryl methyl sites for hydroxylation is 1. The maximum absolute atomic E-state index is 15.6. The number of amides is 1. The third-order valence-electron chi connectivity index (χ3n) is 6.28. The highest BCUT2D eigenvalue weighted by Crippen LogP contribution is 2.51. The third-order valence-corrected chi connectivity index (χ3v) is 7.64. The number of pyridine rings is 1. The summed E-state index contributed by atoms with van der Waals surface area (Å²) in [6, 6.07) is 8.17. The molecule has 11 heteroatoms. The predicted octanol–water partition coefficient (Wildman–Crippen LogP) is 5.61. The van der Waals surface area contributed by atoms with Gasteiger partial charge in [0, 0.05) is 55.2 Å². The number of carbonyl (C=O) groups is 2. The van der Waals surface area contributed by atoms with Crippen LogP contribution in [0.4, 0.5) is 4.39 Å². The van der Waals surface area contributed by atoms with Gasteiger partial charge in [-0.15, -0.1) is 0 Å². The van der Waals surface area contributed by atoms with Gasteiger partial charge in [0.1, 0.15) is 10.7 Å². The summed E-state index contributed by atoms with van der Waals surface area (Å²) in [4.78, 5) is 30.0. The zero-order valence-corrected chi connectivity index (χ0v) is 21.9. The molecule has 5 rings (SSSR count). The van der Waals surface area contributed by atoms with Crippen molar-refractivity contribution in [1.29, 1.82) is 0 Å². The molecule has 0 aliphatic heterocycles. The fraction of sp³-hybridized carbons (Fsp3) is 0.308. The fourth-order valence-electron chi connectivity index (χ4n) is 4.30. The molecule has 1 saturated carbocycles. The number of fused-ring (bicyclic) bond motifs is 1. The number of carboxylic acid groups (broad SMARTS) is 1. The van der Waals surface area contributed by atoms with Gasteiger partial charge in [-0.3, -0.25) is 9.48 Å². The normalized spacial score (nSPS) is 13.3. The maximum atomic E-state index is 15.6. The molecule has 0 saturated heterocycles. The number of rotatable bonds is 9. The molecule has 0 atom stereocenters. The first kappa shape index (κ1) is 25.3.